The average Bonchev–Trinajstić information content (AvgIpc) is 2.83. The lowest BCUT2D eigenvalue weighted by Crippen LogP contribution is -2.16. The van der Waals surface area contributed by atoms with Crippen molar-refractivity contribution in [1.29, 1.82) is 0 Å². The molecule has 2 aliphatic heterocycles. The lowest BCUT2D eigenvalue weighted by atomic mass is 10.4. The van der Waals surface area contributed by atoms with Gasteiger partial charge in [-0.15, -0.1) is 0 Å². The van der Waals surface area contributed by atoms with Gasteiger partial charge in [-0.2, -0.15) is 0 Å². The Balaban J connectivity index is 2.10. The van der Waals surface area contributed by atoms with Crippen molar-refractivity contribution in [2.45, 2.75) is 12.3 Å². The molecule has 3 rings (SSSR count). The van der Waals surface area contributed by atoms with Crippen molar-refractivity contribution >= 4 is 5.69 Å². The van der Waals surface area contributed by atoms with Crippen LogP contribution < -0.4 is 15.6 Å². The zero-order valence-electron chi connectivity index (χ0n) is 6.61. The van der Waals surface area contributed by atoms with Crippen LogP contribution in [0.3, 0.4) is 0 Å². The van der Waals surface area contributed by atoms with Gasteiger partial charge in [-0.3, -0.25) is 4.79 Å². The van der Waals surface area contributed by atoms with Crippen molar-refractivity contribution in [2.75, 3.05) is 11.9 Å². The standard InChI is InChI=1S/C7H7N3O3/c11-5-4-7(9-2-8-5)12-1-3-6(10-4)13-3/h2-3,6,10H,1H2,(H,8,9,11). The van der Waals surface area contributed by atoms with Gasteiger partial charge in [0.1, 0.15) is 12.7 Å². The third-order valence-corrected chi connectivity index (χ3v) is 2.07. The molecule has 68 valence electrons. The van der Waals surface area contributed by atoms with E-state index in [0.29, 0.717) is 18.2 Å². The van der Waals surface area contributed by atoms with Crippen LogP contribution in [0.5, 0.6) is 5.88 Å². The fourth-order valence-corrected chi connectivity index (χ4v) is 1.32. The lowest BCUT2D eigenvalue weighted by Gasteiger charge is -2.04. The second-order valence-electron chi connectivity index (χ2n) is 2.96. The normalized spacial score (nSPS) is 28.9. The van der Waals surface area contributed by atoms with Gasteiger partial charge < -0.3 is 19.8 Å². The number of rotatable bonds is 0. The fourth-order valence-electron chi connectivity index (χ4n) is 1.32. The molecule has 2 atom stereocenters. The second-order valence-corrected chi connectivity index (χ2v) is 2.96. The van der Waals surface area contributed by atoms with Gasteiger partial charge in [-0.1, -0.05) is 0 Å². The third-order valence-electron chi connectivity index (χ3n) is 2.07. The highest BCUT2D eigenvalue weighted by Crippen LogP contribution is 2.30. The third kappa shape index (κ3) is 0.988. The highest BCUT2D eigenvalue weighted by Gasteiger charge is 2.43. The maximum atomic E-state index is 11.3. The molecule has 0 radical (unpaired) electrons. The van der Waals surface area contributed by atoms with Gasteiger partial charge in [0.25, 0.3) is 5.56 Å². The topological polar surface area (TPSA) is 79.5 Å². The van der Waals surface area contributed by atoms with Crippen LogP contribution in [0.4, 0.5) is 5.69 Å². The van der Waals surface area contributed by atoms with Crippen LogP contribution >= 0.6 is 0 Å². The zero-order valence-corrected chi connectivity index (χ0v) is 6.61. The molecular weight excluding hydrogens is 174 g/mol. The average molecular weight is 181 g/mol. The highest BCUT2D eigenvalue weighted by molar-refractivity contribution is 5.52. The Hall–Kier alpha value is -1.56. The number of nitrogens with one attached hydrogen (secondary N) is 2. The molecule has 0 aromatic carbocycles. The number of aromatic amines is 1. The maximum absolute atomic E-state index is 11.3. The van der Waals surface area contributed by atoms with Crippen LogP contribution in [0, 0.1) is 0 Å². The van der Waals surface area contributed by atoms with E-state index in [-0.39, 0.29) is 17.9 Å². The number of epoxide rings is 1. The first-order valence-electron chi connectivity index (χ1n) is 3.97. The predicted molar refractivity (Wildman–Crippen MR) is 42.6 cm³/mol. The fraction of sp³-hybridized carbons (Fsp3) is 0.429. The number of anilines is 1. The molecule has 0 saturated carbocycles. The van der Waals surface area contributed by atoms with Crippen LogP contribution in [-0.4, -0.2) is 28.9 Å². The minimum atomic E-state index is -0.235. The number of hydrogen-bond acceptors (Lipinski definition) is 5. The van der Waals surface area contributed by atoms with Gasteiger partial charge in [-0.25, -0.2) is 4.98 Å². The van der Waals surface area contributed by atoms with Crippen LogP contribution in [0.25, 0.3) is 0 Å². The molecule has 6 heteroatoms. The van der Waals surface area contributed by atoms with Crippen molar-refractivity contribution in [3.05, 3.63) is 16.7 Å². The van der Waals surface area contributed by atoms with E-state index >= 15 is 0 Å². The Kier molecular flexibility index (Phi) is 1.18. The molecule has 0 spiro atoms. The van der Waals surface area contributed by atoms with E-state index in [0.717, 1.165) is 0 Å². The molecule has 0 aliphatic carbocycles. The Labute approximate surface area is 72.9 Å². The van der Waals surface area contributed by atoms with Crippen molar-refractivity contribution in [3.63, 3.8) is 0 Å². The molecule has 0 bridgehead atoms. The smallest absolute Gasteiger partial charge is 0.278 e. The van der Waals surface area contributed by atoms with E-state index in [1.807, 2.05) is 0 Å². The Morgan fingerprint density at radius 1 is 1.62 bits per heavy atom. The molecule has 1 aromatic rings. The van der Waals surface area contributed by atoms with Crippen molar-refractivity contribution < 1.29 is 9.47 Å². The van der Waals surface area contributed by atoms with E-state index in [4.69, 9.17) is 9.47 Å². The first-order valence-corrected chi connectivity index (χ1v) is 3.97. The Bertz CT molecular complexity index is 402. The quantitative estimate of drug-likeness (QED) is 0.517. The summed E-state index contributed by atoms with van der Waals surface area (Å²) in [7, 11) is 0. The largest absolute Gasteiger partial charge is 0.473 e. The van der Waals surface area contributed by atoms with Crippen molar-refractivity contribution in [2.24, 2.45) is 0 Å². The number of fused-ring (bicyclic) bond motifs is 2. The summed E-state index contributed by atoms with van der Waals surface area (Å²) in [5, 5.41) is 2.91. The van der Waals surface area contributed by atoms with Gasteiger partial charge in [-0.05, 0) is 0 Å². The van der Waals surface area contributed by atoms with Crippen LogP contribution in [0.1, 0.15) is 0 Å². The highest BCUT2D eigenvalue weighted by atomic mass is 16.6. The summed E-state index contributed by atoms with van der Waals surface area (Å²) >= 11 is 0. The van der Waals surface area contributed by atoms with E-state index in [2.05, 4.69) is 15.3 Å². The van der Waals surface area contributed by atoms with Gasteiger partial charge in [0.05, 0.1) is 6.33 Å². The van der Waals surface area contributed by atoms with E-state index in [9.17, 15) is 4.79 Å². The summed E-state index contributed by atoms with van der Waals surface area (Å²) in [4.78, 5) is 17.6. The maximum Gasteiger partial charge on any atom is 0.278 e. The molecule has 3 heterocycles. The molecule has 13 heavy (non-hydrogen) atoms. The Morgan fingerprint density at radius 2 is 2.54 bits per heavy atom. The molecular formula is C7H7N3O3. The monoisotopic (exact) mass is 181 g/mol. The second kappa shape index (κ2) is 2.23. The minimum absolute atomic E-state index is 0.0496. The zero-order chi connectivity index (χ0) is 8.84. The van der Waals surface area contributed by atoms with E-state index in [1.54, 1.807) is 0 Å². The molecule has 6 nitrogen and oxygen atoms in total. The Morgan fingerprint density at radius 3 is 3.46 bits per heavy atom. The van der Waals surface area contributed by atoms with Gasteiger partial charge in [0.15, 0.2) is 11.9 Å². The van der Waals surface area contributed by atoms with Crippen LogP contribution in [0.15, 0.2) is 11.1 Å². The molecule has 2 aliphatic rings. The summed E-state index contributed by atoms with van der Waals surface area (Å²) in [6.45, 7) is 0.446. The number of nitrogens with zero attached hydrogens (tertiary/aromatic N) is 1. The SMILES string of the molecule is O=c1[nH]cnc2c1NC1OC1CO2. The molecule has 1 saturated heterocycles. The lowest BCUT2D eigenvalue weighted by molar-refractivity contribution is 0.251. The van der Waals surface area contributed by atoms with Crippen molar-refractivity contribution in [1.82, 2.24) is 9.97 Å². The summed E-state index contributed by atoms with van der Waals surface area (Å²) < 4.78 is 10.4. The molecule has 2 N–H and O–H groups in total. The number of H-pyrrole nitrogens is 1. The number of ether oxygens (including phenoxy) is 2. The molecule has 1 aromatic heterocycles. The van der Waals surface area contributed by atoms with Gasteiger partial charge >= 0.3 is 0 Å². The van der Waals surface area contributed by atoms with E-state index < -0.39 is 0 Å². The van der Waals surface area contributed by atoms with Crippen LogP contribution in [-0.2, 0) is 4.74 Å². The summed E-state index contributed by atoms with van der Waals surface area (Å²) in [6.07, 6.45) is 1.28. The molecule has 1 fully saturated rings. The minimum Gasteiger partial charge on any atom is -0.473 e. The van der Waals surface area contributed by atoms with E-state index in [1.165, 1.54) is 6.33 Å². The number of aromatic nitrogens is 2. The number of hydrogen-bond donors (Lipinski definition) is 2. The molecule has 0 amide bonds. The van der Waals surface area contributed by atoms with Crippen LogP contribution in [0.2, 0.25) is 0 Å². The van der Waals surface area contributed by atoms with Crippen molar-refractivity contribution in [3.8, 4) is 5.88 Å². The summed E-state index contributed by atoms with van der Waals surface area (Å²) in [5.41, 5.74) is 0.119. The molecule has 2 unspecified atom stereocenters. The summed E-state index contributed by atoms with van der Waals surface area (Å²) in [6, 6.07) is 0. The predicted octanol–water partition coefficient (Wildman–Crippen LogP) is -0.701. The summed E-state index contributed by atoms with van der Waals surface area (Å²) in [5.74, 6) is 0.347. The van der Waals surface area contributed by atoms with Gasteiger partial charge in [0, 0.05) is 0 Å². The first kappa shape index (κ1) is 6.90. The first-order chi connectivity index (χ1) is 6.34. The van der Waals surface area contributed by atoms with Gasteiger partial charge in [0.2, 0.25) is 5.88 Å².